The number of halogens is 3. The van der Waals surface area contributed by atoms with E-state index < -0.39 is 35.3 Å². The SMILES string of the molecule is C[C@H](c1cccnc1NC(=O)OC(C)(C)C)N1CCOc2nc(-c3cncc4cccc(Cl)c34)c(F)c3nc(OC[C@@]45CCCN4C[C@H](F)C5)nc1c23. The van der Waals surface area contributed by atoms with Crippen molar-refractivity contribution in [3.63, 3.8) is 0 Å². The molecule has 0 saturated carbocycles. The zero-order valence-electron chi connectivity index (χ0n) is 29.8. The minimum absolute atomic E-state index is 0.0384. The number of nitrogens with one attached hydrogen (secondary N) is 1. The Kier molecular flexibility index (Phi) is 8.92. The number of rotatable bonds is 7. The third-order valence-corrected chi connectivity index (χ3v) is 10.5. The predicted molar refractivity (Wildman–Crippen MR) is 197 cm³/mol. The van der Waals surface area contributed by atoms with Gasteiger partial charge in [0, 0.05) is 58.5 Å². The van der Waals surface area contributed by atoms with E-state index in [0.717, 1.165) is 19.4 Å². The molecule has 3 atom stereocenters. The quantitative estimate of drug-likeness (QED) is 0.176. The number of carbonyl (C=O) groups is 1. The standard InChI is InChI=1S/C38H39ClF2N8O4/c1-21(24-9-6-12-43-32(24)46-36(50)53-37(2,3)4)49-14-15-51-34-28-31(29(41)30(44-34)25-18-42-17-22-8-5-10-26(39)27(22)25)45-35(47-33(28)49)52-20-38-11-7-13-48(38)19-23(40)16-38/h5-6,8-10,12,17-18,21,23H,7,11,13-16,19-20H2,1-4H3,(H,43,46,50)/t21-,23-,38+/m1/s1. The van der Waals surface area contributed by atoms with E-state index in [4.69, 9.17) is 35.8 Å². The molecule has 2 saturated heterocycles. The van der Waals surface area contributed by atoms with Gasteiger partial charge in [0.05, 0.1) is 18.1 Å². The zero-order valence-corrected chi connectivity index (χ0v) is 30.6. The number of pyridine rings is 3. The van der Waals surface area contributed by atoms with E-state index in [9.17, 15) is 9.18 Å². The fraction of sp³-hybridized carbons (Fsp3) is 0.421. The van der Waals surface area contributed by atoms with Gasteiger partial charge < -0.3 is 19.1 Å². The third kappa shape index (κ3) is 6.52. The van der Waals surface area contributed by atoms with Crippen LogP contribution < -0.4 is 19.7 Å². The monoisotopic (exact) mass is 744 g/mol. The summed E-state index contributed by atoms with van der Waals surface area (Å²) >= 11 is 6.66. The lowest BCUT2D eigenvalue weighted by atomic mass is 9.95. The molecule has 0 radical (unpaired) electrons. The van der Waals surface area contributed by atoms with Crippen LogP contribution in [0, 0.1) is 5.82 Å². The number of aromatic nitrogens is 5. The molecule has 7 heterocycles. The van der Waals surface area contributed by atoms with E-state index in [1.54, 1.807) is 51.4 Å². The van der Waals surface area contributed by atoms with Gasteiger partial charge in [-0.1, -0.05) is 29.8 Å². The van der Waals surface area contributed by atoms with Gasteiger partial charge in [-0.05, 0) is 59.2 Å². The molecule has 1 N–H and O–H groups in total. The fourth-order valence-electron chi connectivity index (χ4n) is 7.83. The molecule has 3 aliphatic rings. The summed E-state index contributed by atoms with van der Waals surface area (Å²) in [7, 11) is 0. The highest BCUT2D eigenvalue weighted by atomic mass is 35.5. The highest BCUT2D eigenvalue weighted by molar-refractivity contribution is 6.36. The second-order valence-corrected chi connectivity index (χ2v) is 15.2. The van der Waals surface area contributed by atoms with Crippen LogP contribution in [0.5, 0.6) is 11.9 Å². The van der Waals surface area contributed by atoms with E-state index >= 15 is 4.39 Å². The molecule has 8 rings (SSSR count). The molecule has 53 heavy (non-hydrogen) atoms. The lowest BCUT2D eigenvalue weighted by Gasteiger charge is -2.32. The molecule has 5 aromatic rings. The van der Waals surface area contributed by atoms with Crippen LogP contribution in [0.2, 0.25) is 5.02 Å². The molecule has 3 aliphatic heterocycles. The number of benzene rings is 1. The van der Waals surface area contributed by atoms with Gasteiger partial charge in [0.15, 0.2) is 5.82 Å². The first-order valence-corrected chi connectivity index (χ1v) is 18.1. The smallest absolute Gasteiger partial charge is 0.413 e. The first kappa shape index (κ1) is 35.1. The second kappa shape index (κ2) is 13.5. The summed E-state index contributed by atoms with van der Waals surface area (Å²) in [5.74, 6) is 0.0127. The first-order valence-electron chi connectivity index (χ1n) is 17.7. The number of fused-ring (bicyclic) bond motifs is 2. The van der Waals surface area contributed by atoms with Crippen molar-refractivity contribution >= 4 is 51.0 Å². The lowest BCUT2D eigenvalue weighted by molar-refractivity contribution is 0.0635. The van der Waals surface area contributed by atoms with Gasteiger partial charge >= 0.3 is 12.1 Å². The van der Waals surface area contributed by atoms with Crippen LogP contribution in [0.15, 0.2) is 48.9 Å². The number of alkyl halides is 1. The van der Waals surface area contributed by atoms with Crippen LogP contribution in [0.4, 0.5) is 25.2 Å². The van der Waals surface area contributed by atoms with E-state index in [1.807, 2.05) is 24.0 Å². The number of hydrogen-bond donors (Lipinski definition) is 1. The van der Waals surface area contributed by atoms with Gasteiger partial charge in [-0.3, -0.25) is 15.2 Å². The summed E-state index contributed by atoms with van der Waals surface area (Å²) in [5.41, 5.74) is -0.290. The van der Waals surface area contributed by atoms with E-state index in [-0.39, 0.29) is 41.7 Å². The van der Waals surface area contributed by atoms with Crippen molar-refractivity contribution in [2.24, 2.45) is 0 Å². The van der Waals surface area contributed by atoms with Crippen molar-refractivity contribution in [3.8, 4) is 23.1 Å². The molecule has 12 nitrogen and oxygen atoms in total. The normalized spacial score (nSPS) is 20.6. The molecule has 15 heteroatoms. The number of amides is 1. The van der Waals surface area contributed by atoms with Gasteiger partial charge in [-0.15, -0.1) is 0 Å². The van der Waals surface area contributed by atoms with E-state index in [0.29, 0.717) is 58.1 Å². The summed E-state index contributed by atoms with van der Waals surface area (Å²) in [6.45, 7) is 9.00. The van der Waals surface area contributed by atoms with Crippen molar-refractivity contribution in [1.29, 1.82) is 0 Å². The molecular formula is C38H39ClF2N8O4. The van der Waals surface area contributed by atoms with Crippen molar-refractivity contribution in [2.45, 2.75) is 70.3 Å². The Balaban J connectivity index is 1.26. The Morgan fingerprint density at radius 3 is 2.83 bits per heavy atom. The average Bonchev–Trinajstić information content (AvgIpc) is 3.57. The van der Waals surface area contributed by atoms with Crippen molar-refractivity contribution < 1.29 is 27.8 Å². The Morgan fingerprint density at radius 1 is 1.15 bits per heavy atom. The summed E-state index contributed by atoms with van der Waals surface area (Å²) < 4.78 is 49.9. The van der Waals surface area contributed by atoms with Gasteiger partial charge in [-0.25, -0.2) is 23.5 Å². The Hall–Kier alpha value is -4.95. The Bertz CT molecular complexity index is 2230. The third-order valence-electron chi connectivity index (χ3n) is 10.1. The summed E-state index contributed by atoms with van der Waals surface area (Å²) in [6.07, 6.45) is 5.20. The molecule has 276 valence electrons. The molecule has 1 amide bonds. The van der Waals surface area contributed by atoms with Crippen LogP contribution in [0.3, 0.4) is 0 Å². The molecule has 0 bridgehead atoms. The van der Waals surface area contributed by atoms with Crippen LogP contribution in [-0.4, -0.2) is 86.1 Å². The molecular weight excluding hydrogens is 706 g/mol. The van der Waals surface area contributed by atoms with Gasteiger partial charge in [-0.2, -0.15) is 9.97 Å². The number of nitrogens with zero attached hydrogens (tertiary/aromatic N) is 7. The van der Waals surface area contributed by atoms with Crippen LogP contribution in [0.1, 0.15) is 58.6 Å². The minimum Gasteiger partial charge on any atom is -0.475 e. The van der Waals surface area contributed by atoms with Crippen LogP contribution >= 0.6 is 11.6 Å². The van der Waals surface area contributed by atoms with Crippen LogP contribution in [-0.2, 0) is 4.74 Å². The maximum atomic E-state index is 17.2. The largest absolute Gasteiger partial charge is 0.475 e. The number of carbonyl (C=O) groups excluding carboxylic acids is 1. The molecule has 0 spiro atoms. The molecule has 0 aliphatic carbocycles. The van der Waals surface area contributed by atoms with E-state index in [1.165, 1.54) is 6.20 Å². The summed E-state index contributed by atoms with van der Waals surface area (Å²) in [6, 6.07) is 8.43. The second-order valence-electron chi connectivity index (χ2n) is 14.8. The van der Waals surface area contributed by atoms with Gasteiger partial charge in [0.2, 0.25) is 5.88 Å². The van der Waals surface area contributed by atoms with E-state index in [2.05, 4.69) is 25.2 Å². The highest BCUT2D eigenvalue weighted by Crippen LogP contribution is 2.45. The molecule has 0 unspecified atom stereocenters. The summed E-state index contributed by atoms with van der Waals surface area (Å²) in [5, 5.41) is 4.73. The molecule has 1 aromatic carbocycles. The van der Waals surface area contributed by atoms with Crippen molar-refractivity contribution in [1.82, 2.24) is 29.8 Å². The number of hydrogen-bond acceptors (Lipinski definition) is 11. The maximum absolute atomic E-state index is 17.2. The minimum atomic E-state index is -0.952. The number of ether oxygens (including phenoxy) is 3. The molecule has 4 aromatic heterocycles. The fourth-order valence-corrected chi connectivity index (χ4v) is 8.11. The lowest BCUT2D eigenvalue weighted by Crippen LogP contribution is -2.43. The number of anilines is 2. The topological polar surface area (TPSA) is 128 Å². The van der Waals surface area contributed by atoms with Crippen molar-refractivity contribution in [3.05, 3.63) is 65.3 Å². The van der Waals surface area contributed by atoms with Gasteiger partial charge in [0.1, 0.15) is 53.2 Å². The summed E-state index contributed by atoms with van der Waals surface area (Å²) in [4.78, 5) is 39.9. The van der Waals surface area contributed by atoms with Crippen molar-refractivity contribution in [2.75, 3.05) is 43.1 Å². The van der Waals surface area contributed by atoms with Crippen LogP contribution in [0.25, 0.3) is 32.9 Å². The average molecular weight is 745 g/mol. The maximum Gasteiger partial charge on any atom is 0.413 e. The highest BCUT2D eigenvalue weighted by Gasteiger charge is 2.49. The van der Waals surface area contributed by atoms with Gasteiger partial charge in [0.25, 0.3) is 0 Å². The Labute approximate surface area is 309 Å². The zero-order chi connectivity index (χ0) is 37.1. The predicted octanol–water partition coefficient (Wildman–Crippen LogP) is 7.69. The first-order chi connectivity index (χ1) is 25.4. The molecule has 2 fully saturated rings. The Morgan fingerprint density at radius 2 is 2.00 bits per heavy atom.